The van der Waals surface area contributed by atoms with E-state index in [0.29, 0.717) is 30.2 Å². The number of nitrogens with one attached hydrogen (secondary N) is 2. The zero-order chi connectivity index (χ0) is 18.7. The average molecular weight is 355 g/mol. The summed E-state index contributed by atoms with van der Waals surface area (Å²) in [6.07, 6.45) is 0.356. The number of nitrogens with zero attached hydrogens (tertiary/aromatic N) is 1. The molecular weight excluding hydrogens is 334 g/mol. The van der Waals surface area contributed by atoms with Crippen LogP contribution in [0.3, 0.4) is 0 Å². The van der Waals surface area contributed by atoms with Gasteiger partial charge in [0.25, 0.3) is 0 Å². The second kappa shape index (κ2) is 7.35. The van der Waals surface area contributed by atoms with Gasteiger partial charge in [-0.25, -0.2) is 4.79 Å². The van der Waals surface area contributed by atoms with Gasteiger partial charge in [0.1, 0.15) is 0 Å². The van der Waals surface area contributed by atoms with E-state index in [1.165, 1.54) is 0 Å². The van der Waals surface area contributed by atoms with Gasteiger partial charge in [0.2, 0.25) is 5.91 Å². The largest absolute Gasteiger partial charge is 0.493 e. The molecule has 0 saturated heterocycles. The zero-order valence-electron chi connectivity index (χ0n) is 15.0. The second-order valence-corrected chi connectivity index (χ2v) is 5.97. The maximum Gasteiger partial charge on any atom is 0.319 e. The summed E-state index contributed by atoms with van der Waals surface area (Å²) in [7, 11) is 4.89. The van der Waals surface area contributed by atoms with E-state index >= 15 is 0 Å². The van der Waals surface area contributed by atoms with Crippen molar-refractivity contribution >= 4 is 23.3 Å². The van der Waals surface area contributed by atoms with Crippen molar-refractivity contribution in [2.24, 2.45) is 0 Å². The zero-order valence-corrected chi connectivity index (χ0v) is 15.0. The molecule has 0 atom stereocenters. The first-order valence-electron chi connectivity index (χ1n) is 8.17. The third kappa shape index (κ3) is 3.56. The summed E-state index contributed by atoms with van der Waals surface area (Å²) < 4.78 is 10.4. The number of hydrogen-bond acceptors (Lipinski definition) is 4. The molecule has 2 aromatic carbocycles. The highest BCUT2D eigenvalue weighted by atomic mass is 16.5. The molecule has 0 fully saturated rings. The summed E-state index contributed by atoms with van der Waals surface area (Å²) in [5, 5.41) is 5.58. The first-order chi connectivity index (χ1) is 12.5. The fraction of sp³-hybridized carbons (Fsp3) is 0.263. The quantitative estimate of drug-likeness (QED) is 0.864. The predicted octanol–water partition coefficient (Wildman–Crippen LogP) is 2.54. The highest BCUT2D eigenvalue weighted by molar-refractivity contribution is 6.01. The SMILES string of the molecule is COc1ccc(CNC(=O)Nc2ccc3c(c2)CC(=O)N3C)cc1OC. The number of hydrogen-bond donors (Lipinski definition) is 2. The molecule has 0 aliphatic carbocycles. The van der Waals surface area contributed by atoms with E-state index in [4.69, 9.17) is 9.47 Å². The Bertz CT molecular complexity index is 851. The number of fused-ring (bicyclic) bond motifs is 1. The number of ether oxygens (including phenoxy) is 2. The molecule has 3 amide bonds. The molecule has 7 nitrogen and oxygen atoms in total. The second-order valence-electron chi connectivity index (χ2n) is 5.97. The van der Waals surface area contributed by atoms with Gasteiger partial charge in [0.15, 0.2) is 11.5 Å². The molecule has 2 N–H and O–H groups in total. The van der Waals surface area contributed by atoms with E-state index < -0.39 is 0 Å². The fourth-order valence-corrected chi connectivity index (χ4v) is 2.90. The van der Waals surface area contributed by atoms with Crippen molar-refractivity contribution < 1.29 is 19.1 Å². The van der Waals surface area contributed by atoms with Crippen LogP contribution in [0, 0.1) is 0 Å². The van der Waals surface area contributed by atoms with Crippen LogP contribution >= 0.6 is 0 Å². The average Bonchev–Trinajstić information content (AvgIpc) is 2.93. The molecule has 2 aromatic rings. The van der Waals surface area contributed by atoms with E-state index in [1.54, 1.807) is 38.3 Å². The summed E-state index contributed by atoms with van der Waals surface area (Å²) in [6, 6.07) is 10.6. The van der Waals surface area contributed by atoms with E-state index in [2.05, 4.69) is 10.6 Å². The molecule has 26 heavy (non-hydrogen) atoms. The number of anilines is 2. The Labute approximate surface area is 151 Å². The van der Waals surface area contributed by atoms with Crippen LogP contribution in [0.2, 0.25) is 0 Å². The summed E-state index contributed by atoms with van der Waals surface area (Å²) in [6.45, 7) is 0.346. The van der Waals surface area contributed by atoms with Crippen molar-refractivity contribution in [1.29, 1.82) is 0 Å². The first kappa shape index (κ1) is 17.6. The topological polar surface area (TPSA) is 79.9 Å². The molecule has 7 heteroatoms. The van der Waals surface area contributed by atoms with Crippen molar-refractivity contribution in [2.75, 3.05) is 31.5 Å². The number of benzene rings is 2. The van der Waals surface area contributed by atoms with Crippen molar-refractivity contribution in [2.45, 2.75) is 13.0 Å². The van der Waals surface area contributed by atoms with E-state index in [-0.39, 0.29) is 11.9 Å². The lowest BCUT2D eigenvalue weighted by atomic mass is 10.1. The standard InChI is InChI=1S/C19H21N3O4/c1-22-15-6-5-14(9-13(15)10-18(22)23)21-19(24)20-11-12-4-7-16(25-2)17(8-12)26-3/h4-9H,10-11H2,1-3H3,(H2,20,21,24). The van der Waals surface area contributed by atoms with E-state index in [9.17, 15) is 9.59 Å². The number of carbonyl (C=O) groups is 2. The molecule has 136 valence electrons. The van der Waals surface area contributed by atoms with Gasteiger partial charge < -0.3 is 25.0 Å². The summed E-state index contributed by atoms with van der Waals surface area (Å²) in [4.78, 5) is 25.5. The molecule has 1 aliphatic heterocycles. The summed E-state index contributed by atoms with van der Waals surface area (Å²) in [5.41, 5.74) is 3.33. The van der Waals surface area contributed by atoms with Crippen molar-refractivity contribution in [3.8, 4) is 11.5 Å². The molecular formula is C19H21N3O4. The Morgan fingerprint density at radius 1 is 1.12 bits per heavy atom. The van der Waals surface area contributed by atoms with Crippen molar-refractivity contribution in [3.63, 3.8) is 0 Å². The maximum absolute atomic E-state index is 12.1. The highest BCUT2D eigenvalue weighted by Gasteiger charge is 2.24. The van der Waals surface area contributed by atoms with Crippen molar-refractivity contribution in [3.05, 3.63) is 47.5 Å². The Balaban J connectivity index is 1.60. The number of carbonyl (C=O) groups excluding carboxylic acids is 2. The van der Waals surface area contributed by atoms with Crippen LogP contribution in [0.4, 0.5) is 16.2 Å². The van der Waals surface area contributed by atoms with Crippen LogP contribution in [-0.4, -0.2) is 33.2 Å². The predicted molar refractivity (Wildman–Crippen MR) is 99.0 cm³/mol. The van der Waals surface area contributed by atoms with Gasteiger partial charge >= 0.3 is 6.03 Å². The third-order valence-corrected chi connectivity index (χ3v) is 4.32. The summed E-state index contributed by atoms with van der Waals surface area (Å²) in [5.74, 6) is 1.30. The molecule has 0 bridgehead atoms. The number of urea groups is 1. The maximum atomic E-state index is 12.1. The number of methoxy groups -OCH3 is 2. The normalized spacial score (nSPS) is 12.6. The van der Waals surface area contributed by atoms with Gasteiger partial charge in [-0.3, -0.25) is 4.79 Å². The summed E-state index contributed by atoms with van der Waals surface area (Å²) >= 11 is 0. The number of rotatable bonds is 5. The van der Waals surface area contributed by atoms with Gasteiger partial charge in [-0.1, -0.05) is 6.07 Å². The number of amides is 3. The van der Waals surface area contributed by atoms with Gasteiger partial charge in [-0.05, 0) is 41.5 Å². The van der Waals surface area contributed by atoms with Crippen molar-refractivity contribution in [1.82, 2.24) is 5.32 Å². The molecule has 0 radical (unpaired) electrons. The molecule has 0 saturated carbocycles. The van der Waals surface area contributed by atoms with Gasteiger partial charge in [-0.2, -0.15) is 0 Å². The van der Waals surface area contributed by atoms with Gasteiger partial charge in [0.05, 0.1) is 20.6 Å². The minimum atomic E-state index is -0.322. The highest BCUT2D eigenvalue weighted by Crippen LogP contribution is 2.30. The lowest BCUT2D eigenvalue weighted by molar-refractivity contribution is -0.117. The molecule has 0 unspecified atom stereocenters. The van der Waals surface area contributed by atoms with Gasteiger partial charge in [0, 0.05) is 25.0 Å². The minimum Gasteiger partial charge on any atom is -0.493 e. The molecule has 3 rings (SSSR count). The van der Waals surface area contributed by atoms with Crippen LogP contribution in [0.15, 0.2) is 36.4 Å². The van der Waals surface area contributed by atoms with Crippen LogP contribution in [0.5, 0.6) is 11.5 Å². The Hall–Kier alpha value is -3.22. The monoisotopic (exact) mass is 355 g/mol. The van der Waals surface area contributed by atoms with Gasteiger partial charge in [-0.15, -0.1) is 0 Å². The molecule has 1 aliphatic rings. The molecule has 0 spiro atoms. The lowest BCUT2D eigenvalue weighted by Gasteiger charge is -2.12. The molecule has 0 aromatic heterocycles. The third-order valence-electron chi connectivity index (χ3n) is 4.32. The van der Waals surface area contributed by atoms with Crippen LogP contribution in [0.25, 0.3) is 0 Å². The van der Waals surface area contributed by atoms with E-state index in [1.807, 2.05) is 24.3 Å². The van der Waals surface area contributed by atoms with E-state index in [0.717, 1.165) is 16.8 Å². The van der Waals surface area contributed by atoms with Crippen LogP contribution in [-0.2, 0) is 17.8 Å². The smallest absolute Gasteiger partial charge is 0.319 e. The van der Waals surface area contributed by atoms with Crippen LogP contribution in [0.1, 0.15) is 11.1 Å². The minimum absolute atomic E-state index is 0.0510. The van der Waals surface area contributed by atoms with Crippen LogP contribution < -0.4 is 25.0 Å². The fourth-order valence-electron chi connectivity index (χ4n) is 2.90. The Morgan fingerprint density at radius 2 is 1.88 bits per heavy atom. The first-order valence-corrected chi connectivity index (χ1v) is 8.17. The lowest BCUT2D eigenvalue weighted by Crippen LogP contribution is -2.28. The molecule has 1 heterocycles. The Morgan fingerprint density at radius 3 is 2.62 bits per heavy atom. The Kier molecular flexibility index (Phi) is 4.97. The number of likely N-dealkylation sites (N-methyl/N-ethyl adjacent to an activating group) is 1.